The molecule has 1 aromatic rings. The van der Waals surface area contributed by atoms with Crippen molar-refractivity contribution in [3.05, 3.63) is 23.5 Å². The van der Waals surface area contributed by atoms with Gasteiger partial charge in [0.2, 0.25) is 0 Å². The highest BCUT2D eigenvalue weighted by molar-refractivity contribution is 6.59. The molecule has 15 heavy (non-hydrogen) atoms. The van der Waals surface area contributed by atoms with E-state index < -0.39 is 19.2 Å². The number of halogens is 2. The summed E-state index contributed by atoms with van der Waals surface area (Å²) in [6.07, 6.45) is -1.44. The molecule has 1 aromatic heterocycles. The quantitative estimate of drug-likeness (QED) is 0.734. The average molecular weight is 215 g/mol. The monoisotopic (exact) mass is 215 g/mol. The van der Waals surface area contributed by atoms with Gasteiger partial charge in [-0.2, -0.15) is 0 Å². The highest BCUT2D eigenvalue weighted by Crippen LogP contribution is 2.18. The highest BCUT2D eigenvalue weighted by Gasteiger charge is 2.21. The Morgan fingerprint density at radius 2 is 1.93 bits per heavy atom. The lowest BCUT2D eigenvalue weighted by atomic mass is 9.75. The van der Waals surface area contributed by atoms with E-state index in [4.69, 9.17) is 10.0 Å². The lowest BCUT2D eigenvalue weighted by Crippen LogP contribution is -2.34. The van der Waals surface area contributed by atoms with Crippen LogP contribution in [0.2, 0.25) is 0 Å². The molecule has 0 fully saturated rings. The summed E-state index contributed by atoms with van der Waals surface area (Å²) in [4.78, 5) is 3.57. The van der Waals surface area contributed by atoms with Crippen LogP contribution in [0.5, 0.6) is 0 Å². The van der Waals surface area contributed by atoms with Gasteiger partial charge in [0.1, 0.15) is 5.69 Å². The summed E-state index contributed by atoms with van der Waals surface area (Å²) in [6.45, 7) is 3.65. The van der Waals surface area contributed by atoms with E-state index in [1.165, 1.54) is 6.20 Å². The third-order valence-electron chi connectivity index (χ3n) is 2.11. The summed E-state index contributed by atoms with van der Waals surface area (Å²) in [5, 5.41) is 18.1. The van der Waals surface area contributed by atoms with Crippen molar-refractivity contribution < 1.29 is 18.8 Å². The summed E-state index contributed by atoms with van der Waals surface area (Å²) in [5.74, 6) is 0.000947. The first-order valence-electron chi connectivity index (χ1n) is 4.57. The lowest BCUT2D eigenvalue weighted by molar-refractivity contribution is 0.146. The number of alkyl halides is 2. The molecule has 0 spiro atoms. The number of hydrogen-bond acceptors (Lipinski definition) is 3. The first kappa shape index (κ1) is 12.1. The standard InChI is InChI=1S/C9H12BF2NO2/c1-5(2)6-4-13-8(9(11)12)3-7(6)10(14)15/h3-5,9,14-15H,1-2H3. The first-order valence-corrected chi connectivity index (χ1v) is 4.57. The average Bonchev–Trinajstić information content (AvgIpc) is 2.16. The molecule has 6 heteroatoms. The van der Waals surface area contributed by atoms with Crippen molar-refractivity contribution in [1.82, 2.24) is 4.98 Å². The molecule has 0 aliphatic rings. The van der Waals surface area contributed by atoms with Crippen molar-refractivity contribution in [1.29, 1.82) is 0 Å². The van der Waals surface area contributed by atoms with Gasteiger partial charge in [-0.1, -0.05) is 13.8 Å². The Kier molecular flexibility index (Phi) is 3.76. The van der Waals surface area contributed by atoms with Crippen LogP contribution in [0.3, 0.4) is 0 Å². The second-order valence-corrected chi connectivity index (χ2v) is 3.57. The van der Waals surface area contributed by atoms with Gasteiger partial charge in [0.15, 0.2) is 0 Å². The molecule has 82 valence electrons. The zero-order valence-corrected chi connectivity index (χ0v) is 8.48. The molecule has 0 atom stereocenters. The topological polar surface area (TPSA) is 53.4 Å². The largest absolute Gasteiger partial charge is 0.488 e. The Bertz CT molecular complexity index is 345. The fourth-order valence-corrected chi connectivity index (χ4v) is 1.32. The van der Waals surface area contributed by atoms with Gasteiger partial charge in [-0.25, -0.2) is 8.78 Å². The minimum Gasteiger partial charge on any atom is -0.423 e. The van der Waals surface area contributed by atoms with Crippen LogP contribution in [0.1, 0.15) is 37.4 Å². The van der Waals surface area contributed by atoms with Crippen molar-refractivity contribution >= 4 is 12.6 Å². The molecular weight excluding hydrogens is 203 g/mol. The fourth-order valence-electron chi connectivity index (χ4n) is 1.32. The fraction of sp³-hybridized carbons (Fsp3) is 0.444. The molecule has 2 N–H and O–H groups in total. The van der Waals surface area contributed by atoms with Crippen molar-refractivity contribution in [2.45, 2.75) is 26.2 Å². The Labute approximate surface area is 86.9 Å². The van der Waals surface area contributed by atoms with E-state index in [0.29, 0.717) is 5.56 Å². The molecule has 0 saturated carbocycles. The molecule has 3 nitrogen and oxygen atoms in total. The summed E-state index contributed by atoms with van der Waals surface area (Å²) >= 11 is 0. The highest BCUT2D eigenvalue weighted by atomic mass is 19.3. The van der Waals surface area contributed by atoms with Gasteiger partial charge in [-0.05, 0) is 23.0 Å². The van der Waals surface area contributed by atoms with Crippen LogP contribution >= 0.6 is 0 Å². The van der Waals surface area contributed by atoms with Gasteiger partial charge in [0.25, 0.3) is 6.43 Å². The molecule has 1 heterocycles. The maximum atomic E-state index is 12.3. The molecule has 0 radical (unpaired) electrons. The number of nitrogens with zero attached hydrogens (tertiary/aromatic N) is 1. The lowest BCUT2D eigenvalue weighted by Gasteiger charge is -2.12. The minimum absolute atomic E-state index is 0.000947. The second-order valence-electron chi connectivity index (χ2n) is 3.57. The van der Waals surface area contributed by atoms with Gasteiger partial charge in [-0.15, -0.1) is 0 Å². The molecule has 0 amide bonds. The van der Waals surface area contributed by atoms with Crippen LogP contribution in [0.25, 0.3) is 0 Å². The van der Waals surface area contributed by atoms with Crippen LogP contribution in [0.4, 0.5) is 8.78 Å². The summed E-state index contributed by atoms with van der Waals surface area (Å²) in [5.41, 5.74) is 0.215. The summed E-state index contributed by atoms with van der Waals surface area (Å²) in [7, 11) is -1.75. The van der Waals surface area contributed by atoms with Crippen LogP contribution < -0.4 is 5.46 Å². The number of aromatic nitrogens is 1. The number of hydrogen-bond donors (Lipinski definition) is 2. The maximum Gasteiger partial charge on any atom is 0.488 e. The van der Waals surface area contributed by atoms with Crippen LogP contribution in [0.15, 0.2) is 12.3 Å². The van der Waals surface area contributed by atoms with E-state index in [0.717, 1.165) is 6.07 Å². The first-order chi connectivity index (χ1) is 6.93. The van der Waals surface area contributed by atoms with Crippen molar-refractivity contribution in [2.24, 2.45) is 0 Å². The molecule has 0 aliphatic carbocycles. The predicted octanol–water partition coefficient (Wildman–Crippen LogP) is 0.822. The van der Waals surface area contributed by atoms with Crippen LogP contribution in [-0.2, 0) is 0 Å². The van der Waals surface area contributed by atoms with E-state index in [1.807, 2.05) is 13.8 Å². The number of rotatable bonds is 3. The van der Waals surface area contributed by atoms with E-state index in [9.17, 15) is 8.78 Å². The molecule has 0 bridgehead atoms. The maximum absolute atomic E-state index is 12.3. The van der Waals surface area contributed by atoms with E-state index in [1.54, 1.807) is 0 Å². The van der Waals surface area contributed by atoms with E-state index in [2.05, 4.69) is 4.98 Å². The van der Waals surface area contributed by atoms with Gasteiger partial charge < -0.3 is 10.0 Å². The number of pyridine rings is 1. The Balaban J connectivity index is 3.21. The zero-order chi connectivity index (χ0) is 11.6. The summed E-state index contributed by atoms with van der Waals surface area (Å²) in [6, 6.07) is 1.03. The minimum atomic E-state index is -2.70. The van der Waals surface area contributed by atoms with Gasteiger partial charge in [0, 0.05) is 6.20 Å². The molecule has 0 saturated heterocycles. The summed E-state index contributed by atoms with van der Waals surface area (Å²) < 4.78 is 24.6. The van der Waals surface area contributed by atoms with Gasteiger partial charge >= 0.3 is 7.12 Å². The van der Waals surface area contributed by atoms with E-state index >= 15 is 0 Å². The van der Waals surface area contributed by atoms with Crippen molar-refractivity contribution in [2.75, 3.05) is 0 Å². The molecule has 0 unspecified atom stereocenters. The van der Waals surface area contributed by atoms with E-state index in [-0.39, 0.29) is 11.4 Å². The Hall–Kier alpha value is -1.01. The SMILES string of the molecule is CC(C)c1cnc(C(F)F)cc1B(O)O. The Morgan fingerprint density at radius 3 is 2.33 bits per heavy atom. The van der Waals surface area contributed by atoms with Crippen LogP contribution in [0, 0.1) is 0 Å². The third-order valence-corrected chi connectivity index (χ3v) is 2.11. The Morgan fingerprint density at radius 1 is 1.33 bits per heavy atom. The third kappa shape index (κ3) is 2.73. The van der Waals surface area contributed by atoms with Gasteiger partial charge in [0.05, 0.1) is 0 Å². The predicted molar refractivity (Wildman–Crippen MR) is 53.1 cm³/mol. The molecule has 0 aliphatic heterocycles. The van der Waals surface area contributed by atoms with Crippen molar-refractivity contribution in [3.8, 4) is 0 Å². The van der Waals surface area contributed by atoms with Gasteiger partial charge in [-0.3, -0.25) is 4.98 Å². The van der Waals surface area contributed by atoms with Crippen LogP contribution in [-0.4, -0.2) is 22.2 Å². The molecular formula is C9H12BF2NO2. The zero-order valence-electron chi connectivity index (χ0n) is 8.48. The van der Waals surface area contributed by atoms with Crippen molar-refractivity contribution in [3.63, 3.8) is 0 Å². The normalized spacial score (nSPS) is 11.2. The molecule has 1 rings (SSSR count). The molecule has 0 aromatic carbocycles. The second kappa shape index (κ2) is 4.68. The smallest absolute Gasteiger partial charge is 0.423 e.